The topological polar surface area (TPSA) is 57.2 Å². The van der Waals surface area contributed by atoms with E-state index in [2.05, 4.69) is 24.0 Å². The van der Waals surface area contributed by atoms with E-state index in [1.165, 1.54) is 32.4 Å². The van der Waals surface area contributed by atoms with Gasteiger partial charge in [-0.15, -0.1) is 0 Å². The summed E-state index contributed by atoms with van der Waals surface area (Å²) in [6, 6.07) is 21.8. The lowest BCUT2D eigenvalue weighted by molar-refractivity contribution is -0.143. The lowest BCUT2D eigenvalue weighted by Gasteiger charge is -2.31. The summed E-state index contributed by atoms with van der Waals surface area (Å²) in [5.74, 6) is 2.65. The van der Waals surface area contributed by atoms with Gasteiger partial charge in [0, 0.05) is 23.7 Å². The van der Waals surface area contributed by atoms with Gasteiger partial charge in [0.25, 0.3) is 0 Å². The van der Waals surface area contributed by atoms with Crippen LogP contribution in [0.4, 0.5) is 0 Å². The van der Waals surface area contributed by atoms with Crippen LogP contribution in [0.15, 0.2) is 66.7 Å². The van der Waals surface area contributed by atoms with Crippen molar-refractivity contribution in [2.45, 2.75) is 53.1 Å². The van der Waals surface area contributed by atoms with Gasteiger partial charge in [0.2, 0.25) is 0 Å². The number of rotatable bonds is 8. The number of carbonyl (C=O) groups is 1. The van der Waals surface area contributed by atoms with Crippen molar-refractivity contribution >= 4 is 17.1 Å². The Kier molecular flexibility index (Phi) is 8.69. The molecule has 0 radical (unpaired) electrons. The van der Waals surface area contributed by atoms with Gasteiger partial charge in [-0.2, -0.15) is 0 Å². The van der Waals surface area contributed by atoms with Crippen LogP contribution in [0, 0.1) is 5.41 Å². The normalized spacial score (nSPS) is 17.4. The lowest BCUT2D eigenvalue weighted by atomic mass is 9.86. The Morgan fingerprint density at radius 1 is 0.902 bits per heavy atom. The van der Waals surface area contributed by atoms with Crippen LogP contribution in [-0.4, -0.2) is 44.2 Å². The van der Waals surface area contributed by atoms with Gasteiger partial charge in [0.1, 0.15) is 35.7 Å². The fraction of sp³-hybridized carbons (Fsp3) is 0.400. The third-order valence-electron chi connectivity index (χ3n) is 7.80. The molecule has 0 bridgehead atoms. The van der Waals surface area contributed by atoms with Crippen molar-refractivity contribution in [3.63, 3.8) is 0 Å². The first-order chi connectivity index (χ1) is 19.7. The number of ether oxygens (including phenoxy) is 4. The molecule has 41 heavy (non-hydrogen) atoms. The highest BCUT2D eigenvalue weighted by atomic mass is 16.5. The highest BCUT2D eigenvalue weighted by Crippen LogP contribution is 2.47. The minimum atomic E-state index is -0.575. The minimum Gasteiger partial charge on any atom is -0.497 e. The fourth-order valence-corrected chi connectivity index (χ4v) is 5.34. The van der Waals surface area contributed by atoms with Crippen molar-refractivity contribution in [1.29, 1.82) is 0 Å². The molecule has 0 amide bonds. The Hall–Kier alpha value is -3.77. The maximum atomic E-state index is 12.4. The zero-order chi connectivity index (χ0) is 29.0. The summed E-state index contributed by atoms with van der Waals surface area (Å²) in [5.41, 5.74) is 4.67. The highest BCUT2D eigenvalue weighted by Gasteiger charge is 2.30. The van der Waals surface area contributed by atoms with Crippen LogP contribution in [0.3, 0.4) is 0 Å². The molecule has 6 heteroatoms. The first kappa shape index (κ1) is 28.7. The van der Waals surface area contributed by atoms with Gasteiger partial charge in [-0.05, 0) is 107 Å². The molecule has 3 aromatic carbocycles. The Morgan fingerprint density at radius 2 is 1.56 bits per heavy atom. The summed E-state index contributed by atoms with van der Waals surface area (Å²) in [4.78, 5) is 14.9. The van der Waals surface area contributed by atoms with E-state index in [1.54, 1.807) is 7.11 Å². The lowest BCUT2D eigenvalue weighted by Crippen LogP contribution is -2.33. The maximum Gasteiger partial charge on any atom is 0.316 e. The molecule has 216 valence electrons. The van der Waals surface area contributed by atoms with Crippen LogP contribution in [0.2, 0.25) is 0 Å². The van der Waals surface area contributed by atoms with Crippen LogP contribution in [-0.2, 0) is 4.79 Å². The molecule has 1 unspecified atom stereocenters. The first-order valence-electron chi connectivity index (χ1n) is 14.6. The summed E-state index contributed by atoms with van der Waals surface area (Å²) in [6.45, 7) is 11.6. The zero-order valence-electron chi connectivity index (χ0n) is 24.9. The minimum absolute atomic E-state index is 0.263. The van der Waals surface area contributed by atoms with E-state index in [-0.39, 0.29) is 12.1 Å². The van der Waals surface area contributed by atoms with Gasteiger partial charge in [0.15, 0.2) is 0 Å². The number of esters is 1. The van der Waals surface area contributed by atoms with E-state index in [0.29, 0.717) is 12.4 Å². The van der Waals surface area contributed by atoms with Crippen LogP contribution < -0.4 is 18.9 Å². The highest BCUT2D eigenvalue weighted by molar-refractivity contribution is 5.95. The Bertz CT molecular complexity index is 1380. The predicted octanol–water partition coefficient (Wildman–Crippen LogP) is 7.58. The van der Waals surface area contributed by atoms with Crippen LogP contribution >= 0.6 is 0 Å². The van der Waals surface area contributed by atoms with Gasteiger partial charge in [0.05, 0.1) is 12.5 Å². The van der Waals surface area contributed by atoms with Gasteiger partial charge in [-0.1, -0.05) is 30.7 Å². The van der Waals surface area contributed by atoms with Gasteiger partial charge < -0.3 is 18.9 Å². The van der Waals surface area contributed by atoms with Crippen molar-refractivity contribution in [2.24, 2.45) is 5.41 Å². The largest absolute Gasteiger partial charge is 0.497 e. The Balaban J connectivity index is 1.40. The summed E-state index contributed by atoms with van der Waals surface area (Å²) in [5, 5.41) is 0. The maximum absolute atomic E-state index is 12.4. The van der Waals surface area contributed by atoms with Gasteiger partial charge in [-0.3, -0.25) is 9.69 Å². The number of piperidine rings is 1. The molecular formula is C35H41NO5. The van der Waals surface area contributed by atoms with Crippen molar-refractivity contribution in [1.82, 2.24) is 4.90 Å². The molecule has 6 nitrogen and oxygen atoms in total. The summed E-state index contributed by atoms with van der Waals surface area (Å²) in [6.07, 6.45) is 3.57. The second-order valence-electron chi connectivity index (χ2n) is 11.9. The van der Waals surface area contributed by atoms with Gasteiger partial charge >= 0.3 is 5.97 Å². The molecule has 0 spiro atoms. The molecule has 0 saturated carbocycles. The Morgan fingerprint density at radius 3 is 2.22 bits per heavy atom. The van der Waals surface area contributed by atoms with E-state index in [1.807, 2.05) is 75.4 Å². The van der Waals surface area contributed by atoms with Gasteiger partial charge in [-0.25, -0.2) is 0 Å². The number of hydrogen-bond donors (Lipinski definition) is 0. The van der Waals surface area contributed by atoms with Crippen LogP contribution in [0.25, 0.3) is 11.1 Å². The number of allylic oxidation sites excluding steroid dienone is 1. The SMILES string of the molecule is COc1ccc2c(c1)OC(c1ccc(OCCN3CCCCC3)cc1)C(c1ccc(OC(=O)C(C)(C)C)cc1)=C2C. The molecule has 2 aliphatic rings. The van der Waals surface area contributed by atoms with E-state index >= 15 is 0 Å². The number of hydrogen-bond acceptors (Lipinski definition) is 6. The van der Waals surface area contributed by atoms with Crippen molar-refractivity contribution in [2.75, 3.05) is 33.4 Å². The zero-order valence-corrected chi connectivity index (χ0v) is 24.9. The first-order valence-corrected chi connectivity index (χ1v) is 14.6. The van der Waals surface area contributed by atoms with E-state index < -0.39 is 5.41 Å². The van der Waals surface area contributed by atoms with Crippen LogP contribution in [0.5, 0.6) is 23.0 Å². The number of fused-ring (bicyclic) bond motifs is 1. The summed E-state index contributed by atoms with van der Waals surface area (Å²) >= 11 is 0. The molecule has 1 fully saturated rings. The van der Waals surface area contributed by atoms with Crippen molar-refractivity contribution in [3.05, 3.63) is 83.4 Å². The number of carbonyl (C=O) groups excluding carboxylic acids is 1. The van der Waals surface area contributed by atoms with E-state index in [4.69, 9.17) is 18.9 Å². The molecule has 3 aromatic rings. The molecule has 5 rings (SSSR count). The predicted molar refractivity (Wildman–Crippen MR) is 163 cm³/mol. The van der Waals surface area contributed by atoms with Crippen molar-refractivity contribution < 1.29 is 23.7 Å². The second-order valence-corrected chi connectivity index (χ2v) is 11.9. The monoisotopic (exact) mass is 555 g/mol. The molecule has 2 heterocycles. The third-order valence-corrected chi connectivity index (χ3v) is 7.80. The van der Waals surface area contributed by atoms with Crippen LogP contribution in [0.1, 0.15) is 69.8 Å². The second kappa shape index (κ2) is 12.4. The molecular weight excluding hydrogens is 514 g/mol. The molecule has 0 aromatic heterocycles. The summed E-state index contributed by atoms with van der Waals surface area (Å²) < 4.78 is 23.8. The van der Waals surface area contributed by atoms with E-state index in [0.717, 1.165) is 51.6 Å². The molecule has 0 aliphatic carbocycles. The standard InChI is InChI=1S/C35H41NO5/c1-24-30-18-17-29(38-5)23-31(30)41-33(32(24)25-9-15-28(16-10-25)40-34(37)35(2,3)4)26-11-13-27(14-12-26)39-22-21-36-19-7-6-8-20-36/h9-18,23,33H,6-8,19-22H2,1-5H3. The Labute approximate surface area is 243 Å². The van der Waals surface area contributed by atoms with E-state index in [9.17, 15) is 4.79 Å². The molecule has 1 atom stereocenters. The molecule has 1 saturated heterocycles. The fourth-order valence-electron chi connectivity index (χ4n) is 5.34. The number of likely N-dealkylation sites (tertiary alicyclic amines) is 1. The summed E-state index contributed by atoms with van der Waals surface area (Å²) in [7, 11) is 1.66. The smallest absolute Gasteiger partial charge is 0.316 e. The number of methoxy groups -OCH3 is 1. The molecule has 0 N–H and O–H groups in total. The van der Waals surface area contributed by atoms with Crippen molar-refractivity contribution in [3.8, 4) is 23.0 Å². The average molecular weight is 556 g/mol. The quantitative estimate of drug-likeness (QED) is 0.211. The molecule has 2 aliphatic heterocycles. The average Bonchev–Trinajstić information content (AvgIpc) is 2.98. The third kappa shape index (κ3) is 6.76. The number of benzene rings is 3. The number of nitrogens with zero attached hydrogens (tertiary/aromatic N) is 1.